The molecule has 0 radical (unpaired) electrons. The normalized spacial score (nSPS) is 12.1. The smallest absolute Gasteiger partial charge is 0.267 e. The summed E-state index contributed by atoms with van der Waals surface area (Å²) in [7, 11) is 0. The molecular formula is C11H20N2O. The van der Waals surface area contributed by atoms with Crippen LogP contribution in [-0.4, -0.2) is 9.78 Å². The quantitative estimate of drug-likeness (QED) is 0.773. The van der Waals surface area contributed by atoms with Crippen LogP contribution >= 0.6 is 0 Å². The summed E-state index contributed by atoms with van der Waals surface area (Å²) >= 11 is 0. The Morgan fingerprint density at radius 3 is 2.29 bits per heavy atom. The van der Waals surface area contributed by atoms with Gasteiger partial charge < -0.3 is 0 Å². The summed E-state index contributed by atoms with van der Waals surface area (Å²) in [6.45, 7) is 10.4. The Morgan fingerprint density at radius 2 is 1.93 bits per heavy atom. The van der Waals surface area contributed by atoms with Gasteiger partial charge in [0.2, 0.25) is 0 Å². The largest absolute Gasteiger partial charge is 0.284 e. The van der Waals surface area contributed by atoms with Gasteiger partial charge >= 0.3 is 0 Å². The predicted octanol–water partition coefficient (Wildman–Crippen LogP) is 2.19. The molecule has 0 amide bonds. The van der Waals surface area contributed by atoms with Crippen LogP contribution in [0.5, 0.6) is 0 Å². The highest BCUT2D eigenvalue weighted by atomic mass is 16.1. The van der Waals surface area contributed by atoms with Gasteiger partial charge in [0.15, 0.2) is 0 Å². The van der Waals surface area contributed by atoms with Crippen molar-refractivity contribution in [2.75, 3.05) is 0 Å². The van der Waals surface area contributed by atoms with Crippen LogP contribution in [0.2, 0.25) is 0 Å². The van der Waals surface area contributed by atoms with Crippen LogP contribution in [0.15, 0.2) is 4.79 Å². The minimum absolute atomic E-state index is 0.0464. The second kappa shape index (κ2) is 3.64. The van der Waals surface area contributed by atoms with Gasteiger partial charge in [0, 0.05) is 11.3 Å². The molecule has 0 spiro atoms. The molecule has 1 rings (SSSR count). The zero-order valence-corrected chi connectivity index (χ0v) is 9.77. The van der Waals surface area contributed by atoms with Crippen molar-refractivity contribution in [1.82, 2.24) is 9.78 Å². The Bertz CT molecular complexity index is 366. The van der Waals surface area contributed by atoms with Gasteiger partial charge in [-0.05, 0) is 34.1 Å². The topological polar surface area (TPSA) is 37.8 Å². The predicted molar refractivity (Wildman–Crippen MR) is 58.8 cm³/mol. The summed E-state index contributed by atoms with van der Waals surface area (Å²) in [4.78, 5) is 11.6. The maximum Gasteiger partial charge on any atom is 0.267 e. The third kappa shape index (κ3) is 1.91. The van der Waals surface area contributed by atoms with E-state index in [1.165, 1.54) is 0 Å². The zero-order chi connectivity index (χ0) is 10.9. The van der Waals surface area contributed by atoms with Gasteiger partial charge in [-0.3, -0.25) is 14.6 Å². The van der Waals surface area contributed by atoms with E-state index >= 15 is 0 Å². The molecule has 0 aromatic carbocycles. The number of aromatic amines is 1. The minimum Gasteiger partial charge on any atom is -0.284 e. The molecule has 3 heteroatoms. The fourth-order valence-electron chi connectivity index (χ4n) is 1.77. The molecule has 3 nitrogen and oxygen atoms in total. The first-order valence-electron chi connectivity index (χ1n) is 5.19. The van der Waals surface area contributed by atoms with E-state index < -0.39 is 0 Å². The van der Waals surface area contributed by atoms with Crippen LogP contribution in [-0.2, 0) is 12.0 Å². The van der Waals surface area contributed by atoms with Gasteiger partial charge in [0.25, 0.3) is 5.56 Å². The Hall–Kier alpha value is -0.990. The number of hydrogen-bond donors (Lipinski definition) is 1. The van der Waals surface area contributed by atoms with Crippen LogP contribution in [0.4, 0.5) is 0 Å². The average molecular weight is 196 g/mol. The zero-order valence-electron chi connectivity index (χ0n) is 9.77. The number of hydrogen-bond acceptors (Lipinski definition) is 1. The van der Waals surface area contributed by atoms with Crippen LogP contribution < -0.4 is 5.56 Å². The summed E-state index contributed by atoms with van der Waals surface area (Å²) < 4.78 is 1.96. The Morgan fingerprint density at radius 1 is 1.36 bits per heavy atom. The van der Waals surface area contributed by atoms with Crippen molar-refractivity contribution in [3.63, 3.8) is 0 Å². The van der Waals surface area contributed by atoms with E-state index in [1.807, 2.05) is 11.6 Å². The average Bonchev–Trinajstić information content (AvgIpc) is 2.31. The van der Waals surface area contributed by atoms with Crippen molar-refractivity contribution >= 4 is 0 Å². The van der Waals surface area contributed by atoms with Gasteiger partial charge in [-0.15, -0.1) is 0 Å². The number of rotatable bonds is 2. The van der Waals surface area contributed by atoms with Crippen molar-refractivity contribution in [3.8, 4) is 0 Å². The van der Waals surface area contributed by atoms with Crippen molar-refractivity contribution in [2.24, 2.45) is 0 Å². The number of nitrogens with one attached hydrogen (secondary N) is 1. The van der Waals surface area contributed by atoms with Gasteiger partial charge in [-0.1, -0.05) is 13.3 Å². The SMILES string of the molecule is CCCc1c(C)n(C(C)(C)C)[nH]c1=O. The highest BCUT2D eigenvalue weighted by molar-refractivity contribution is 5.17. The van der Waals surface area contributed by atoms with Crippen molar-refractivity contribution in [1.29, 1.82) is 0 Å². The Labute approximate surface area is 85.1 Å². The first-order valence-corrected chi connectivity index (χ1v) is 5.19. The summed E-state index contributed by atoms with van der Waals surface area (Å²) in [5, 5.41) is 2.90. The number of aromatic nitrogens is 2. The summed E-state index contributed by atoms with van der Waals surface area (Å²) in [5.74, 6) is 0. The monoisotopic (exact) mass is 196 g/mol. The fourth-order valence-corrected chi connectivity index (χ4v) is 1.77. The lowest BCUT2D eigenvalue weighted by Gasteiger charge is -2.22. The molecule has 0 saturated heterocycles. The molecule has 80 valence electrons. The third-order valence-electron chi connectivity index (χ3n) is 2.43. The minimum atomic E-state index is -0.0464. The lowest BCUT2D eigenvalue weighted by Crippen LogP contribution is -2.25. The van der Waals surface area contributed by atoms with Crippen LogP contribution in [0.3, 0.4) is 0 Å². The molecule has 0 bridgehead atoms. The van der Waals surface area contributed by atoms with Gasteiger partial charge in [-0.2, -0.15) is 0 Å². The van der Waals surface area contributed by atoms with Gasteiger partial charge in [0.1, 0.15) is 0 Å². The molecule has 0 aliphatic rings. The summed E-state index contributed by atoms with van der Waals surface area (Å²) in [6, 6.07) is 0. The van der Waals surface area contributed by atoms with E-state index in [2.05, 4.69) is 32.8 Å². The van der Waals surface area contributed by atoms with Crippen molar-refractivity contribution in [3.05, 3.63) is 21.6 Å². The third-order valence-corrected chi connectivity index (χ3v) is 2.43. The first-order chi connectivity index (χ1) is 6.38. The molecule has 0 fully saturated rings. The Balaban J connectivity index is 3.24. The van der Waals surface area contributed by atoms with E-state index in [0.717, 1.165) is 24.1 Å². The van der Waals surface area contributed by atoms with Gasteiger partial charge in [-0.25, -0.2) is 0 Å². The van der Waals surface area contributed by atoms with E-state index in [-0.39, 0.29) is 11.1 Å². The standard InChI is InChI=1S/C11H20N2O/c1-6-7-9-8(2)13(11(3,4)5)12-10(9)14/h6-7H2,1-5H3,(H,12,14). The molecule has 1 aromatic heterocycles. The van der Waals surface area contributed by atoms with Crippen molar-refractivity contribution < 1.29 is 0 Å². The second-order valence-electron chi connectivity index (χ2n) is 4.76. The summed E-state index contributed by atoms with van der Waals surface area (Å²) in [6.07, 6.45) is 1.88. The highest BCUT2D eigenvalue weighted by Crippen LogP contribution is 2.16. The summed E-state index contributed by atoms with van der Waals surface area (Å²) in [5.41, 5.74) is 2.03. The number of H-pyrrole nitrogens is 1. The molecule has 0 unspecified atom stereocenters. The fraction of sp³-hybridized carbons (Fsp3) is 0.727. The number of nitrogens with zero attached hydrogens (tertiary/aromatic N) is 1. The second-order valence-corrected chi connectivity index (χ2v) is 4.76. The van der Waals surface area contributed by atoms with E-state index in [0.29, 0.717) is 0 Å². The molecule has 1 N–H and O–H groups in total. The van der Waals surface area contributed by atoms with E-state index in [1.54, 1.807) is 0 Å². The molecule has 0 atom stereocenters. The van der Waals surface area contributed by atoms with E-state index in [9.17, 15) is 4.79 Å². The molecule has 0 aliphatic heterocycles. The first kappa shape index (κ1) is 11.1. The highest BCUT2D eigenvalue weighted by Gasteiger charge is 2.19. The van der Waals surface area contributed by atoms with Gasteiger partial charge in [0.05, 0.1) is 5.54 Å². The lowest BCUT2D eigenvalue weighted by atomic mass is 10.1. The molecule has 0 aliphatic carbocycles. The molecule has 1 aromatic rings. The van der Waals surface area contributed by atoms with Crippen LogP contribution in [0.25, 0.3) is 0 Å². The molecule has 0 saturated carbocycles. The van der Waals surface area contributed by atoms with Crippen LogP contribution in [0, 0.1) is 6.92 Å². The maximum atomic E-state index is 11.6. The lowest BCUT2D eigenvalue weighted by molar-refractivity contribution is 0.346. The molecule has 14 heavy (non-hydrogen) atoms. The van der Waals surface area contributed by atoms with Crippen molar-refractivity contribution in [2.45, 2.75) is 53.0 Å². The molecular weight excluding hydrogens is 176 g/mol. The van der Waals surface area contributed by atoms with E-state index in [4.69, 9.17) is 0 Å². The maximum absolute atomic E-state index is 11.6. The molecule has 1 heterocycles. The van der Waals surface area contributed by atoms with Crippen LogP contribution in [0.1, 0.15) is 45.4 Å². The Kier molecular flexibility index (Phi) is 2.88.